The molecule has 0 unspecified atom stereocenters. The van der Waals surface area contributed by atoms with E-state index in [1.165, 1.54) is 4.90 Å². The van der Waals surface area contributed by atoms with Gasteiger partial charge in [0.05, 0.1) is 17.7 Å². The highest BCUT2D eigenvalue weighted by Gasteiger charge is 2.38. The van der Waals surface area contributed by atoms with Gasteiger partial charge in [-0.2, -0.15) is 0 Å². The van der Waals surface area contributed by atoms with Crippen molar-refractivity contribution in [3.8, 4) is 0 Å². The number of imide groups is 1. The summed E-state index contributed by atoms with van der Waals surface area (Å²) in [7, 11) is 0. The first-order valence-corrected chi connectivity index (χ1v) is 6.39. The number of nitrogens with zero attached hydrogens (tertiary/aromatic N) is 1. The summed E-state index contributed by atoms with van der Waals surface area (Å²) in [6.45, 7) is 2.08. The average molecular weight is 266 g/mol. The summed E-state index contributed by atoms with van der Waals surface area (Å²) in [5.74, 6) is -0.575. The molecule has 0 saturated carbocycles. The molecule has 0 radical (unpaired) electrons. The van der Waals surface area contributed by atoms with Gasteiger partial charge in [0.25, 0.3) is 11.8 Å². The van der Waals surface area contributed by atoms with Crippen LogP contribution in [0.5, 0.6) is 0 Å². The second-order valence-corrected chi connectivity index (χ2v) is 4.90. The number of hydrogen-bond donors (Lipinski definition) is 1. The minimum atomic E-state index is -0.310. The molecule has 20 heavy (non-hydrogen) atoms. The molecule has 2 aromatic carbocycles. The van der Waals surface area contributed by atoms with Gasteiger partial charge in [-0.3, -0.25) is 14.5 Å². The lowest BCUT2D eigenvalue weighted by Gasteiger charge is -2.13. The summed E-state index contributed by atoms with van der Waals surface area (Å²) < 4.78 is 0. The van der Waals surface area contributed by atoms with Crippen LogP contribution in [-0.4, -0.2) is 16.7 Å². The van der Waals surface area contributed by atoms with Crippen LogP contribution in [0.4, 0.5) is 5.69 Å². The number of carbonyl (C=O) groups excluding carboxylic acids is 2. The molecule has 0 saturated heterocycles. The number of nitrogens with two attached hydrogens (primary N) is 1. The number of aryl methyl sites for hydroxylation is 1. The molecule has 4 heteroatoms. The fourth-order valence-corrected chi connectivity index (χ4v) is 2.50. The molecule has 0 aromatic heterocycles. The highest BCUT2D eigenvalue weighted by atomic mass is 16.2. The zero-order valence-corrected chi connectivity index (χ0v) is 11.1. The Morgan fingerprint density at radius 2 is 1.60 bits per heavy atom. The van der Waals surface area contributed by atoms with E-state index in [0.29, 0.717) is 16.8 Å². The summed E-state index contributed by atoms with van der Waals surface area (Å²) in [5.41, 5.74) is 8.68. The first-order valence-electron chi connectivity index (χ1n) is 6.39. The van der Waals surface area contributed by atoms with Crippen molar-refractivity contribution < 1.29 is 9.59 Å². The van der Waals surface area contributed by atoms with E-state index in [1.54, 1.807) is 12.1 Å². The molecular weight excluding hydrogens is 252 g/mol. The lowest BCUT2D eigenvalue weighted by atomic mass is 10.0. The van der Waals surface area contributed by atoms with Crippen LogP contribution in [0, 0.1) is 6.92 Å². The van der Waals surface area contributed by atoms with Crippen LogP contribution >= 0.6 is 0 Å². The molecule has 1 aliphatic rings. The average Bonchev–Trinajstić information content (AvgIpc) is 2.70. The van der Waals surface area contributed by atoms with Crippen LogP contribution in [0.15, 0.2) is 42.5 Å². The molecule has 0 fully saturated rings. The van der Waals surface area contributed by atoms with Crippen LogP contribution in [-0.2, 0) is 6.54 Å². The first-order chi connectivity index (χ1) is 9.59. The number of anilines is 1. The molecule has 0 spiro atoms. The number of benzene rings is 2. The number of fused-ring (bicyclic) bond motifs is 1. The van der Waals surface area contributed by atoms with E-state index >= 15 is 0 Å². The normalized spacial score (nSPS) is 13.8. The maximum Gasteiger partial charge on any atom is 0.263 e. The van der Waals surface area contributed by atoms with E-state index in [4.69, 9.17) is 5.73 Å². The monoisotopic (exact) mass is 266 g/mol. The number of carbonyl (C=O) groups is 2. The number of rotatable bonds is 2. The second kappa shape index (κ2) is 4.49. The van der Waals surface area contributed by atoms with E-state index in [0.717, 1.165) is 11.1 Å². The van der Waals surface area contributed by atoms with Crippen molar-refractivity contribution in [3.63, 3.8) is 0 Å². The van der Waals surface area contributed by atoms with Crippen LogP contribution < -0.4 is 5.73 Å². The minimum Gasteiger partial charge on any atom is -0.398 e. The zero-order chi connectivity index (χ0) is 14.3. The molecule has 100 valence electrons. The van der Waals surface area contributed by atoms with E-state index in [9.17, 15) is 9.59 Å². The van der Waals surface area contributed by atoms with Crippen molar-refractivity contribution in [2.75, 3.05) is 5.73 Å². The van der Waals surface area contributed by atoms with E-state index < -0.39 is 0 Å². The van der Waals surface area contributed by atoms with Gasteiger partial charge in [0.1, 0.15) is 0 Å². The molecule has 2 N–H and O–H groups in total. The van der Waals surface area contributed by atoms with Crippen molar-refractivity contribution in [1.82, 2.24) is 4.90 Å². The summed E-state index contributed by atoms with van der Waals surface area (Å²) in [5, 5.41) is 0. The van der Waals surface area contributed by atoms with Crippen molar-refractivity contribution in [2.24, 2.45) is 0 Å². The van der Waals surface area contributed by atoms with E-state index in [1.807, 2.05) is 37.3 Å². The van der Waals surface area contributed by atoms with Crippen LogP contribution in [0.3, 0.4) is 0 Å². The van der Waals surface area contributed by atoms with Gasteiger partial charge in [-0.15, -0.1) is 0 Å². The maximum atomic E-state index is 12.4. The predicted molar refractivity (Wildman–Crippen MR) is 76.2 cm³/mol. The van der Waals surface area contributed by atoms with Crippen molar-refractivity contribution in [3.05, 3.63) is 64.7 Å². The number of nitrogen functional groups attached to an aromatic ring is 1. The van der Waals surface area contributed by atoms with Crippen LogP contribution in [0.2, 0.25) is 0 Å². The molecule has 0 bridgehead atoms. The Bertz CT molecular complexity index is 667. The summed E-state index contributed by atoms with van der Waals surface area (Å²) in [6.07, 6.45) is 0. The van der Waals surface area contributed by atoms with Gasteiger partial charge < -0.3 is 5.73 Å². The molecular formula is C16H14N2O2. The molecule has 4 nitrogen and oxygen atoms in total. The summed E-state index contributed by atoms with van der Waals surface area (Å²) >= 11 is 0. The highest BCUT2D eigenvalue weighted by molar-refractivity contribution is 6.24. The largest absolute Gasteiger partial charge is 0.398 e. The van der Waals surface area contributed by atoms with Gasteiger partial charge in [-0.05, 0) is 24.1 Å². The van der Waals surface area contributed by atoms with Crippen molar-refractivity contribution in [2.45, 2.75) is 13.5 Å². The Hall–Kier alpha value is -2.62. The minimum absolute atomic E-state index is 0.265. The summed E-state index contributed by atoms with van der Waals surface area (Å²) in [6, 6.07) is 12.9. The van der Waals surface area contributed by atoms with E-state index in [2.05, 4.69) is 0 Å². The topological polar surface area (TPSA) is 63.4 Å². The van der Waals surface area contributed by atoms with Crippen molar-refractivity contribution in [1.29, 1.82) is 0 Å². The lowest BCUT2D eigenvalue weighted by molar-refractivity contribution is 0.0642. The molecule has 0 aliphatic carbocycles. The Morgan fingerprint density at radius 3 is 2.25 bits per heavy atom. The molecule has 1 aliphatic heterocycles. The standard InChI is InChI=1S/C16H14N2O2/c1-10-7-8-12(17)14-13(10)15(19)18(16(14)20)9-11-5-3-2-4-6-11/h2-8H,9,17H2,1H3. The van der Waals surface area contributed by atoms with Crippen LogP contribution in [0.1, 0.15) is 31.8 Å². The SMILES string of the molecule is Cc1ccc(N)c2c1C(=O)N(Cc1ccccc1)C2=O. The zero-order valence-electron chi connectivity index (χ0n) is 11.1. The molecule has 2 aromatic rings. The third-order valence-corrected chi connectivity index (χ3v) is 3.55. The molecule has 1 heterocycles. The Labute approximate surface area is 116 Å². The lowest BCUT2D eigenvalue weighted by Crippen LogP contribution is -2.29. The van der Waals surface area contributed by atoms with Gasteiger partial charge in [-0.1, -0.05) is 36.4 Å². The second-order valence-electron chi connectivity index (χ2n) is 4.90. The predicted octanol–water partition coefficient (Wildman–Crippen LogP) is 2.37. The van der Waals surface area contributed by atoms with E-state index in [-0.39, 0.29) is 18.4 Å². The number of amides is 2. The quantitative estimate of drug-likeness (QED) is 0.670. The van der Waals surface area contributed by atoms with Gasteiger partial charge in [0, 0.05) is 5.69 Å². The van der Waals surface area contributed by atoms with Gasteiger partial charge in [-0.25, -0.2) is 0 Å². The fraction of sp³-hybridized carbons (Fsp3) is 0.125. The highest BCUT2D eigenvalue weighted by Crippen LogP contribution is 2.31. The van der Waals surface area contributed by atoms with Gasteiger partial charge in [0.2, 0.25) is 0 Å². The first kappa shape index (κ1) is 12.4. The summed E-state index contributed by atoms with van der Waals surface area (Å²) in [4.78, 5) is 26.1. The number of hydrogen-bond acceptors (Lipinski definition) is 3. The Balaban J connectivity index is 2.02. The van der Waals surface area contributed by atoms with Crippen LogP contribution in [0.25, 0.3) is 0 Å². The fourth-order valence-electron chi connectivity index (χ4n) is 2.50. The van der Waals surface area contributed by atoms with Gasteiger partial charge in [0.15, 0.2) is 0 Å². The Morgan fingerprint density at radius 1 is 0.950 bits per heavy atom. The molecule has 2 amide bonds. The maximum absolute atomic E-state index is 12.4. The smallest absolute Gasteiger partial charge is 0.263 e. The molecule has 0 atom stereocenters. The Kier molecular flexibility index (Phi) is 2.79. The van der Waals surface area contributed by atoms with Crippen molar-refractivity contribution >= 4 is 17.5 Å². The molecule has 3 rings (SSSR count). The third kappa shape index (κ3) is 1.77. The third-order valence-electron chi connectivity index (χ3n) is 3.55. The van der Waals surface area contributed by atoms with Gasteiger partial charge >= 0.3 is 0 Å².